The Kier molecular flexibility index (Phi) is 4.30. The molecule has 2 atom stereocenters. The zero-order valence-electron chi connectivity index (χ0n) is 12.9. The molecule has 5 nitrogen and oxygen atoms in total. The van der Waals surface area contributed by atoms with E-state index >= 15 is 0 Å². The van der Waals surface area contributed by atoms with Gasteiger partial charge in [-0.2, -0.15) is 0 Å². The van der Waals surface area contributed by atoms with Crippen LogP contribution in [0.1, 0.15) is 13.3 Å². The minimum Gasteiger partial charge on any atom is -0.337 e. The molecular formula is C16H19F2N3O2. The van der Waals surface area contributed by atoms with Crippen LogP contribution in [0, 0.1) is 17.6 Å². The Morgan fingerprint density at radius 3 is 2.61 bits per heavy atom. The van der Waals surface area contributed by atoms with E-state index in [1.54, 1.807) is 4.90 Å². The van der Waals surface area contributed by atoms with E-state index in [-0.39, 0.29) is 36.5 Å². The van der Waals surface area contributed by atoms with Crippen molar-refractivity contribution in [3.05, 3.63) is 29.8 Å². The second-order valence-electron chi connectivity index (χ2n) is 6.12. The molecule has 2 amide bonds. The number of hydrogen-bond donors (Lipinski definition) is 1. The van der Waals surface area contributed by atoms with Crippen molar-refractivity contribution in [2.75, 3.05) is 31.1 Å². The number of carbonyl (C=O) groups is 2. The number of amides is 2. The maximum Gasteiger partial charge on any atom is 0.228 e. The molecule has 1 aromatic rings. The van der Waals surface area contributed by atoms with Gasteiger partial charge in [0.05, 0.1) is 5.92 Å². The first-order valence-electron chi connectivity index (χ1n) is 7.73. The standard InChI is InChI=1S/C16H19F2N3O2/c1-10-8-19-2-3-20(10)16(23)11-4-15(22)21(9-11)14-6-12(17)5-13(18)7-14/h5-7,10-11,19H,2-4,8-9H2,1H3/t10-,11?/m0/s1. The normalized spacial score (nSPS) is 25.1. The first-order valence-corrected chi connectivity index (χ1v) is 7.73. The number of anilines is 1. The van der Waals surface area contributed by atoms with Crippen molar-refractivity contribution in [3.63, 3.8) is 0 Å². The average Bonchev–Trinajstić information content (AvgIpc) is 2.88. The van der Waals surface area contributed by atoms with Gasteiger partial charge in [0.1, 0.15) is 11.6 Å². The van der Waals surface area contributed by atoms with Crippen LogP contribution in [0.3, 0.4) is 0 Å². The molecule has 1 aromatic carbocycles. The number of rotatable bonds is 2. The fourth-order valence-corrected chi connectivity index (χ4v) is 3.22. The predicted molar refractivity (Wildman–Crippen MR) is 80.9 cm³/mol. The summed E-state index contributed by atoms with van der Waals surface area (Å²) in [7, 11) is 0. The molecule has 0 aliphatic carbocycles. The van der Waals surface area contributed by atoms with Crippen molar-refractivity contribution in [1.29, 1.82) is 0 Å². The fraction of sp³-hybridized carbons (Fsp3) is 0.500. The number of hydrogen-bond acceptors (Lipinski definition) is 3. The Morgan fingerprint density at radius 1 is 1.26 bits per heavy atom. The van der Waals surface area contributed by atoms with Crippen LogP contribution >= 0.6 is 0 Å². The largest absolute Gasteiger partial charge is 0.337 e. The summed E-state index contributed by atoms with van der Waals surface area (Å²) in [5.74, 6) is -2.28. The van der Waals surface area contributed by atoms with Crippen LogP contribution in [-0.2, 0) is 9.59 Å². The number of benzene rings is 1. The van der Waals surface area contributed by atoms with E-state index in [1.165, 1.54) is 4.90 Å². The first-order chi connectivity index (χ1) is 11.0. The number of nitrogens with zero attached hydrogens (tertiary/aromatic N) is 2. The zero-order chi connectivity index (χ0) is 16.6. The van der Waals surface area contributed by atoms with E-state index in [1.807, 2.05) is 6.92 Å². The van der Waals surface area contributed by atoms with E-state index in [2.05, 4.69) is 5.32 Å². The van der Waals surface area contributed by atoms with Gasteiger partial charge in [0.25, 0.3) is 0 Å². The lowest BCUT2D eigenvalue weighted by atomic mass is 10.1. The number of piperazine rings is 1. The molecule has 0 spiro atoms. The first kappa shape index (κ1) is 15.9. The van der Waals surface area contributed by atoms with Gasteiger partial charge < -0.3 is 15.1 Å². The van der Waals surface area contributed by atoms with E-state index in [9.17, 15) is 18.4 Å². The zero-order valence-corrected chi connectivity index (χ0v) is 12.9. The van der Waals surface area contributed by atoms with Crippen LogP contribution in [0.25, 0.3) is 0 Å². The lowest BCUT2D eigenvalue weighted by molar-refractivity contribution is -0.138. The molecular weight excluding hydrogens is 304 g/mol. The molecule has 1 N–H and O–H groups in total. The number of halogens is 2. The Balaban J connectivity index is 1.75. The van der Waals surface area contributed by atoms with Gasteiger partial charge in [-0.05, 0) is 19.1 Å². The predicted octanol–water partition coefficient (Wildman–Crippen LogP) is 1.14. The summed E-state index contributed by atoms with van der Waals surface area (Å²) in [6.07, 6.45) is 0.0770. The highest BCUT2D eigenvalue weighted by Gasteiger charge is 2.38. The van der Waals surface area contributed by atoms with Gasteiger partial charge in [0.15, 0.2) is 0 Å². The molecule has 2 heterocycles. The molecule has 2 fully saturated rings. The Morgan fingerprint density at radius 2 is 1.96 bits per heavy atom. The van der Waals surface area contributed by atoms with Crippen LogP contribution in [0.15, 0.2) is 18.2 Å². The summed E-state index contributed by atoms with van der Waals surface area (Å²) >= 11 is 0. The molecule has 3 rings (SSSR count). The summed E-state index contributed by atoms with van der Waals surface area (Å²) in [6, 6.07) is 3.06. The average molecular weight is 323 g/mol. The van der Waals surface area contributed by atoms with Crippen molar-refractivity contribution >= 4 is 17.5 Å². The maximum absolute atomic E-state index is 13.3. The summed E-state index contributed by atoms with van der Waals surface area (Å²) in [5.41, 5.74) is 0.163. The van der Waals surface area contributed by atoms with Crippen molar-refractivity contribution in [2.45, 2.75) is 19.4 Å². The van der Waals surface area contributed by atoms with Crippen LogP contribution < -0.4 is 10.2 Å². The van der Waals surface area contributed by atoms with Gasteiger partial charge in [-0.15, -0.1) is 0 Å². The van der Waals surface area contributed by atoms with Gasteiger partial charge in [-0.25, -0.2) is 8.78 Å². The Bertz CT molecular complexity index is 618. The lowest BCUT2D eigenvalue weighted by Crippen LogP contribution is -2.54. The molecule has 0 bridgehead atoms. The maximum atomic E-state index is 13.3. The Labute approximate surface area is 133 Å². The highest BCUT2D eigenvalue weighted by molar-refractivity contribution is 6.00. The van der Waals surface area contributed by atoms with Crippen LogP contribution in [0.5, 0.6) is 0 Å². The molecule has 0 aromatic heterocycles. The third-order valence-corrected chi connectivity index (χ3v) is 4.42. The van der Waals surface area contributed by atoms with E-state index in [0.717, 1.165) is 31.3 Å². The van der Waals surface area contributed by atoms with Crippen molar-refractivity contribution in [3.8, 4) is 0 Å². The second-order valence-corrected chi connectivity index (χ2v) is 6.12. The molecule has 2 aliphatic heterocycles. The topological polar surface area (TPSA) is 52.7 Å². The molecule has 0 radical (unpaired) electrons. The van der Waals surface area contributed by atoms with Crippen molar-refractivity contribution in [1.82, 2.24) is 10.2 Å². The lowest BCUT2D eigenvalue weighted by Gasteiger charge is -2.35. The molecule has 7 heteroatoms. The summed E-state index contributed by atoms with van der Waals surface area (Å²) < 4.78 is 26.7. The van der Waals surface area contributed by atoms with Gasteiger partial charge in [0.2, 0.25) is 11.8 Å². The third kappa shape index (κ3) is 3.19. The van der Waals surface area contributed by atoms with Gasteiger partial charge >= 0.3 is 0 Å². The van der Waals surface area contributed by atoms with Gasteiger partial charge in [-0.3, -0.25) is 9.59 Å². The third-order valence-electron chi connectivity index (χ3n) is 4.42. The van der Waals surface area contributed by atoms with E-state index < -0.39 is 17.6 Å². The van der Waals surface area contributed by atoms with Gasteiger partial charge in [-0.1, -0.05) is 0 Å². The monoisotopic (exact) mass is 323 g/mol. The summed E-state index contributed by atoms with van der Waals surface area (Å²) in [4.78, 5) is 27.9. The summed E-state index contributed by atoms with van der Waals surface area (Å²) in [6.45, 7) is 4.19. The molecule has 1 unspecified atom stereocenters. The number of nitrogens with one attached hydrogen (secondary N) is 1. The minimum atomic E-state index is -0.738. The highest BCUT2D eigenvalue weighted by Crippen LogP contribution is 2.28. The summed E-state index contributed by atoms with van der Waals surface area (Å²) in [5, 5.41) is 3.21. The molecule has 23 heavy (non-hydrogen) atoms. The highest BCUT2D eigenvalue weighted by atomic mass is 19.1. The second kappa shape index (κ2) is 6.23. The smallest absolute Gasteiger partial charge is 0.228 e. The van der Waals surface area contributed by atoms with Crippen molar-refractivity contribution < 1.29 is 18.4 Å². The van der Waals surface area contributed by atoms with Gasteiger partial charge in [0, 0.05) is 50.4 Å². The quantitative estimate of drug-likeness (QED) is 0.888. The van der Waals surface area contributed by atoms with E-state index in [4.69, 9.17) is 0 Å². The molecule has 2 saturated heterocycles. The van der Waals surface area contributed by atoms with Crippen LogP contribution in [0.2, 0.25) is 0 Å². The van der Waals surface area contributed by atoms with Crippen molar-refractivity contribution in [2.24, 2.45) is 5.92 Å². The van der Waals surface area contributed by atoms with E-state index in [0.29, 0.717) is 6.54 Å². The Hall–Kier alpha value is -2.02. The molecule has 124 valence electrons. The SMILES string of the molecule is C[C@H]1CNCCN1C(=O)C1CC(=O)N(c2cc(F)cc(F)c2)C1. The molecule has 0 saturated carbocycles. The van der Waals surface area contributed by atoms with Crippen LogP contribution in [-0.4, -0.2) is 48.9 Å². The van der Waals surface area contributed by atoms with Crippen LogP contribution in [0.4, 0.5) is 14.5 Å². The number of carbonyl (C=O) groups excluding carboxylic acids is 2. The fourth-order valence-electron chi connectivity index (χ4n) is 3.22. The minimum absolute atomic E-state index is 0.0632. The molecule has 2 aliphatic rings.